The molecule has 0 spiro atoms. The van der Waals surface area contributed by atoms with E-state index >= 15 is 0 Å². The van der Waals surface area contributed by atoms with Crippen molar-refractivity contribution in [2.75, 3.05) is 0 Å². The molecular formula is H10CrN3O11. The molecule has 0 saturated carbocycles. The van der Waals surface area contributed by atoms with Gasteiger partial charge in [-0.2, -0.15) is 0 Å². The largest absolute Gasteiger partial charge is 3.00 e. The number of hydrogen-bond acceptors (Lipinski definition) is 9. The second-order valence-corrected chi connectivity index (χ2v) is 0.224. The molecular weight excluding hydrogens is 270 g/mol. The second-order valence-electron chi connectivity index (χ2n) is 0.224. The van der Waals surface area contributed by atoms with Crippen LogP contribution in [-0.2, 0) is 17.4 Å². The van der Waals surface area contributed by atoms with Crippen LogP contribution in [0.15, 0.2) is 16.0 Å². The van der Waals surface area contributed by atoms with Crippen LogP contribution in [0, 0.1) is 30.3 Å². The van der Waals surface area contributed by atoms with Gasteiger partial charge in [-0.3, -0.25) is 0 Å². The molecule has 1 radical (unpaired) electrons. The molecule has 0 unspecified atom stereocenters. The van der Waals surface area contributed by atoms with Crippen molar-refractivity contribution in [2.24, 2.45) is 16.0 Å². The molecule has 0 atom stereocenters. The fourth-order valence-electron chi connectivity index (χ4n) is 0. The van der Waals surface area contributed by atoms with E-state index in [1.807, 2.05) is 0 Å². The third-order valence-corrected chi connectivity index (χ3v) is 0. The minimum absolute atomic E-state index is 0. The van der Waals surface area contributed by atoms with Gasteiger partial charge in [0, 0.05) is 0 Å². The van der Waals surface area contributed by atoms with Gasteiger partial charge in [0.15, 0.2) is 0 Å². The van der Waals surface area contributed by atoms with E-state index in [9.17, 15) is 0 Å². The van der Waals surface area contributed by atoms with E-state index in [0.717, 1.165) is 16.0 Å². The van der Waals surface area contributed by atoms with E-state index in [1.165, 1.54) is 0 Å². The molecule has 0 saturated heterocycles. The van der Waals surface area contributed by atoms with E-state index in [0.29, 0.717) is 0 Å². The predicted molar refractivity (Wildman–Crippen MR) is 45.6 cm³/mol. The third-order valence-electron chi connectivity index (χ3n) is 0. The summed E-state index contributed by atoms with van der Waals surface area (Å²) in [5, 5.41) is 27.0. The van der Waals surface area contributed by atoms with Crippen molar-refractivity contribution < 1.29 is 44.7 Å². The van der Waals surface area contributed by atoms with Gasteiger partial charge >= 0.3 is 17.4 Å². The normalized spacial score (nSPS) is 2.40. The van der Waals surface area contributed by atoms with Crippen molar-refractivity contribution in [1.82, 2.24) is 0 Å². The zero-order valence-electron chi connectivity index (χ0n) is 6.70. The van der Waals surface area contributed by atoms with Crippen molar-refractivity contribution in [3.8, 4) is 0 Å². The van der Waals surface area contributed by atoms with Crippen LogP contribution in [0.1, 0.15) is 0 Å². The molecule has 10 N–H and O–H groups in total. The molecule has 0 aromatic carbocycles. The summed E-state index contributed by atoms with van der Waals surface area (Å²) in [6.07, 6.45) is 0. The van der Waals surface area contributed by atoms with E-state index in [1.54, 1.807) is 0 Å². The number of hydrogen-bond donors (Lipinski definition) is 0. The van der Waals surface area contributed by atoms with Gasteiger partial charge in [0.05, 0.1) is 0 Å². The first-order chi connectivity index (χ1) is 4.24. The summed E-state index contributed by atoms with van der Waals surface area (Å²) in [5.74, 6) is 0. The van der Waals surface area contributed by atoms with Gasteiger partial charge in [0.1, 0.15) is 0 Å². The minimum Gasteiger partial charge on any atom is -0.444 e. The minimum atomic E-state index is 0. The molecule has 97 valence electrons. The Labute approximate surface area is 92.0 Å². The Hall–Kier alpha value is -1.47. The van der Waals surface area contributed by atoms with Crippen LogP contribution in [0.3, 0.4) is 0 Å². The molecule has 0 aromatic heterocycles. The fourth-order valence-corrected chi connectivity index (χ4v) is 0. The summed E-state index contributed by atoms with van der Waals surface area (Å²) >= 11 is 0. The zero-order valence-corrected chi connectivity index (χ0v) is 7.97. The maximum Gasteiger partial charge on any atom is 3.00 e. The molecule has 0 aliphatic heterocycles. The third kappa shape index (κ3) is 646. The molecule has 0 aliphatic rings. The number of nitrogens with zero attached hydrogens (tertiary/aromatic N) is 3. The Balaban J connectivity index is -0.00000000429. The predicted octanol–water partition coefficient (Wildman–Crippen LogP) is -3.37. The van der Waals surface area contributed by atoms with E-state index in [4.69, 9.17) is 30.3 Å². The average molecular weight is 280 g/mol. The molecule has 14 nitrogen and oxygen atoms in total. The van der Waals surface area contributed by atoms with E-state index in [2.05, 4.69) is 0 Å². The molecule has 0 aromatic rings. The Bertz CT molecular complexity index is 52.6. The van der Waals surface area contributed by atoms with Crippen LogP contribution in [0.4, 0.5) is 0 Å². The second kappa shape index (κ2) is 710. The van der Waals surface area contributed by atoms with Crippen molar-refractivity contribution >= 4 is 0 Å². The van der Waals surface area contributed by atoms with Crippen LogP contribution in [0.5, 0.6) is 0 Å². The zero-order chi connectivity index (χ0) is 8.12. The standard InChI is InChI=1S/Cr.3HNO2.5H2O/c;3*2-1-3;;;;;/h;3*(H,2,3);5*1H2/q+3;;;;;;;;/p-3. The molecule has 0 heterocycles. The van der Waals surface area contributed by atoms with E-state index < -0.39 is 0 Å². The van der Waals surface area contributed by atoms with Crippen LogP contribution < -0.4 is 0 Å². The van der Waals surface area contributed by atoms with Gasteiger partial charge in [-0.1, -0.05) is 0 Å². The molecule has 0 amide bonds. The first kappa shape index (κ1) is 103. The van der Waals surface area contributed by atoms with Crippen molar-refractivity contribution in [3.05, 3.63) is 30.3 Å². The average Bonchev–Trinajstić information content (AvgIpc) is 1.70. The molecule has 0 bridgehead atoms. The van der Waals surface area contributed by atoms with Crippen LogP contribution in [0.25, 0.3) is 0 Å². The fraction of sp³-hybridized carbons (Fsp3) is 0. The summed E-state index contributed by atoms with van der Waals surface area (Å²) in [4.78, 5) is 24.0. The topological polar surface area (TPSA) is 315 Å². The van der Waals surface area contributed by atoms with E-state index in [-0.39, 0.29) is 44.7 Å². The smallest absolute Gasteiger partial charge is 0.444 e. The van der Waals surface area contributed by atoms with Gasteiger partial charge in [0.2, 0.25) is 0 Å². The quantitative estimate of drug-likeness (QED) is 0.321. The Kier molecular flexibility index (Phi) is 4900. The molecule has 15 heteroatoms. The van der Waals surface area contributed by atoms with Gasteiger partial charge in [-0.25, -0.2) is 0 Å². The van der Waals surface area contributed by atoms with Crippen LogP contribution >= 0.6 is 0 Å². The van der Waals surface area contributed by atoms with Crippen molar-refractivity contribution in [1.29, 1.82) is 0 Å². The van der Waals surface area contributed by atoms with Gasteiger partial charge in [-0.15, -0.1) is 16.0 Å². The van der Waals surface area contributed by atoms with Crippen molar-refractivity contribution in [2.45, 2.75) is 0 Å². The monoisotopic (exact) mass is 280 g/mol. The summed E-state index contributed by atoms with van der Waals surface area (Å²) in [6, 6.07) is 0. The maximum atomic E-state index is 8.00. The molecule has 0 fully saturated rings. The molecule has 0 rings (SSSR count). The Morgan fingerprint density at radius 1 is 0.533 bits per heavy atom. The van der Waals surface area contributed by atoms with Gasteiger partial charge in [-0.05, 0) is 0 Å². The Morgan fingerprint density at radius 3 is 0.533 bits per heavy atom. The van der Waals surface area contributed by atoms with Gasteiger partial charge in [0.25, 0.3) is 0 Å². The summed E-state index contributed by atoms with van der Waals surface area (Å²) in [6.45, 7) is 0. The number of rotatable bonds is 0. The van der Waals surface area contributed by atoms with Crippen LogP contribution in [0.2, 0.25) is 0 Å². The van der Waals surface area contributed by atoms with Gasteiger partial charge < -0.3 is 57.7 Å². The first-order valence-corrected chi connectivity index (χ1v) is 1.10. The molecule has 0 aliphatic carbocycles. The first-order valence-electron chi connectivity index (χ1n) is 1.10. The summed E-state index contributed by atoms with van der Waals surface area (Å²) in [5.41, 5.74) is 0. The molecule has 15 heavy (non-hydrogen) atoms. The maximum absolute atomic E-state index is 8.00. The SMILES string of the molecule is O.O.O.O.O.O=N[O-].O=N[O-].O=N[O-].[Cr+3]. The van der Waals surface area contributed by atoms with Crippen molar-refractivity contribution in [3.63, 3.8) is 0 Å². The summed E-state index contributed by atoms with van der Waals surface area (Å²) in [7, 11) is 0. The Morgan fingerprint density at radius 2 is 0.533 bits per heavy atom. The summed E-state index contributed by atoms with van der Waals surface area (Å²) < 4.78 is 0. The van der Waals surface area contributed by atoms with Crippen LogP contribution in [-0.4, -0.2) is 27.4 Å².